The van der Waals surface area contributed by atoms with Gasteiger partial charge in [0.2, 0.25) is 0 Å². The van der Waals surface area contributed by atoms with Crippen LogP contribution >= 0.6 is 0 Å². The van der Waals surface area contributed by atoms with Gasteiger partial charge in [-0.05, 0) is 37.8 Å². The van der Waals surface area contributed by atoms with Crippen molar-refractivity contribution in [3.63, 3.8) is 0 Å². The molecule has 2 N–H and O–H groups in total. The minimum Gasteiger partial charge on any atom is -0.464 e. The Hall–Kier alpha value is -2.30. The highest BCUT2D eigenvalue weighted by molar-refractivity contribution is 5.91. The van der Waals surface area contributed by atoms with Crippen LogP contribution in [0.15, 0.2) is 24.3 Å². The zero-order valence-electron chi connectivity index (χ0n) is 12.3. The van der Waals surface area contributed by atoms with Crippen molar-refractivity contribution in [2.75, 3.05) is 12.8 Å². The quantitative estimate of drug-likeness (QED) is 0.880. The zero-order chi connectivity index (χ0) is 15.0. The number of ether oxygens (including phenoxy) is 1. The topological polar surface area (TPSA) is 70.1 Å². The van der Waals surface area contributed by atoms with Gasteiger partial charge in [0.05, 0.1) is 12.8 Å². The Morgan fingerprint density at radius 2 is 2.00 bits per heavy atom. The summed E-state index contributed by atoms with van der Waals surface area (Å²) in [5, 5.41) is 4.40. The van der Waals surface area contributed by atoms with E-state index in [-0.39, 0.29) is 0 Å². The second-order valence-corrected chi connectivity index (χ2v) is 5.51. The number of benzene rings is 1. The first-order chi connectivity index (χ1) is 10.1. The highest BCUT2D eigenvalue weighted by atomic mass is 16.5. The number of aromatic nitrogens is 2. The summed E-state index contributed by atoms with van der Waals surface area (Å²) in [6.07, 6.45) is 3.27. The fraction of sp³-hybridized carbons (Fsp3) is 0.375. The molecule has 2 aromatic rings. The fourth-order valence-electron chi connectivity index (χ4n) is 2.67. The van der Waals surface area contributed by atoms with Crippen molar-refractivity contribution in [1.29, 1.82) is 0 Å². The molecule has 1 aliphatic carbocycles. The predicted molar refractivity (Wildman–Crippen MR) is 80.6 cm³/mol. The molecule has 0 atom stereocenters. The Kier molecular flexibility index (Phi) is 3.41. The number of rotatable bonds is 3. The van der Waals surface area contributed by atoms with Gasteiger partial charge in [0.1, 0.15) is 5.82 Å². The number of anilines is 1. The SMILES string of the molecule is COC(=O)c1nn(-c2ccc(C)cc2)c(N)c1C1CCC1. The van der Waals surface area contributed by atoms with Gasteiger partial charge in [-0.1, -0.05) is 24.1 Å². The first-order valence-electron chi connectivity index (χ1n) is 7.15. The lowest BCUT2D eigenvalue weighted by molar-refractivity contribution is 0.0591. The van der Waals surface area contributed by atoms with Crippen LogP contribution in [0.5, 0.6) is 0 Å². The number of aryl methyl sites for hydroxylation is 1. The number of esters is 1. The van der Waals surface area contributed by atoms with Crippen molar-refractivity contribution < 1.29 is 9.53 Å². The average molecular weight is 285 g/mol. The van der Waals surface area contributed by atoms with Gasteiger partial charge in [-0.2, -0.15) is 5.10 Å². The first-order valence-corrected chi connectivity index (χ1v) is 7.15. The van der Waals surface area contributed by atoms with Gasteiger partial charge in [-0.25, -0.2) is 9.48 Å². The molecular formula is C16H19N3O2. The number of nitrogens with two attached hydrogens (primary N) is 1. The molecule has 0 bridgehead atoms. The third kappa shape index (κ3) is 2.28. The Bertz CT molecular complexity index is 670. The number of hydrogen-bond acceptors (Lipinski definition) is 4. The van der Waals surface area contributed by atoms with E-state index < -0.39 is 5.97 Å². The Morgan fingerprint density at radius 1 is 1.33 bits per heavy atom. The van der Waals surface area contributed by atoms with Crippen LogP contribution in [0.4, 0.5) is 5.82 Å². The van der Waals surface area contributed by atoms with Crippen LogP contribution in [0.3, 0.4) is 0 Å². The lowest BCUT2D eigenvalue weighted by atomic mass is 9.79. The summed E-state index contributed by atoms with van der Waals surface area (Å²) in [6.45, 7) is 2.02. The predicted octanol–water partition coefficient (Wildman–Crippen LogP) is 2.82. The molecule has 1 aliphatic rings. The second-order valence-electron chi connectivity index (χ2n) is 5.51. The lowest BCUT2D eigenvalue weighted by Crippen LogP contribution is -2.15. The minimum atomic E-state index is -0.422. The molecule has 0 amide bonds. The molecule has 5 heteroatoms. The third-order valence-electron chi connectivity index (χ3n) is 4.13. The third-order valence-corrected chi connectivity index (χ3v) is 4.13. The molecule has 21 heavy (non-hydrogen) atoms. The Balaban J connectivity index is 2.11. The van der Waals surface area contributed by atoms with Gasteiger partial charge in [0.25, 0.3) is 0 Å². The molecule has 1 heterocycles. The van der Waals surface area contributed by atoms with Gasteiger partial charge in [0, 0.05) is 5.56 Å². The number of carbonyl (C=O) groups is 1. The fourth-order valence-corrected chi connectivity index (χ4v) is 2.67. The number of carbonyl (C=O) groups excluding carboxylic acids is 1. The van der Waals surface area contributed by atoms with Crippen LogP contribution in [-0.2, 0) is 4.74 Å². The maximum Gasteiger partial charge on any atom is 0.358 e. The van der Waals surface area contributed by atoms with Gasteiger partial charge in [-0.3, -0.25) is 0 Å². The number of nitrogens with zero attached hydrogens (tertiary/aromatic N) is 2. The van der Waals surface area contributed by atoms with Crippen LogP contribution in [-0.4, -0.2) is 22.9 Å². The smallest absolute Gasteiger partial charge is 0.358 e. The first kappa shape index (κ1) is 13.7. The summed E-state index contributed by atoms with van der Waals surface area (Å²) in [6, 6.07) is 7.89. The van der Waals surface area contributed by atoms with E-state index >= 15 is 0 Å². The van der Waals surface area contributed by atoms with Crippen molar-refractivity contribution >= 4 is 11.8 Å². The summed E-state index contributed by atoms with van der Waals surface area (Å²) in [5.41, 5.74) is 9.48. The molecule has 1 aromatic carbocycles. The van der Waals surface area contributed by atoms with Gasteiger partial charge in [0.15, 0.2) is 5.69 Å². The summed E-state index contributed by atoms with van der Waals surface area (Å²) in [7, 11) is 1.37. The van der Waals surface area contributed by atoms with E-state index in [9.17, 15) is 4.79 Å². The standard InChI is InChI=1S/C16H19N3O2/c1-10-6-8-12(9-7-10)19-15(17)13(11-4-3-5-11)14(18-19)16(20)21-2/h6-9,11H,3-5,17H2,1-2H3. The molecular weight excluding hydrogens is 266 g/mol. The molecule has 5 nitrogen and oxygen atoms in total. The van der Waals surface area contributed by atoms with Crippen LogP contribution in [0.25, 0.3) is 5.69 Å². The summed E-state index contributed by atoms with van der Waals surface area (Å²) < 4.78 is 6.49. The number of nitrogen functional groups attached to an aromatic ring is 1. The largest absolute Gasteiger partial charge is 0.464 e. The average Bonchev–Trinajstić information content (AvgIpc) is 2.76. The molecule has 3 rings (SSSR count). The van der Waals surface area contributed by atoms with E-state index in [1.807, 2.05) is 31.2 Å². The molecule has 1 aromatic heterocycles. The highest BCUT2D eigenvalue weighted by Crippen LogP contribution is 2.41. The second kappa shape index (κ2) is 5.24. The lowest BCUT2D eigenvalue weighted by Gasteiger charge is -2.25. The van der Waals surface area contributed by atoms with Crippen LogP contribution in [0.2, 0.25) is 0 Å². The summed E-state index contributed by atoms with van der Waals surface area (Å²) in [4.78, 5) is 12.0. The van der Waals surface area contributed by atoms with E-state index in [2.05, 4.69) is 5.10 Å². The number of hydrogen-bond donors (Lipinski definition) is 1. The molecule has 110 valence electrons. The van der Waals surface area contributed by atoms with Crippen molar-refractivity contribution in [2.45, 2.75) is 32.1 Å². The van der Waals surface area contributed by atoms with E-state index in [0.29, 0.717) is 17.4 Å². The highest BCUT2D eigenvalue weighted by Gasteiger charge is 2.31. The molecule has 0 saturated heterocycles. The molecule has 0 unspecified atom stereocenters. The van der Waals surface area contributed by atoms with E-state index in [4.69, 9.17) is 10.5 Å². The van der Waals surface area contributed by atoms with Gasteiger partial charge >= 0.3 is 5.97 Å². The molecule has 1 saturated carbocycles. The maximum absolute atomic E-state index is 12.0. The van der Waals surface area contributed by atoms with Gasteiger partial charge < -0.3 is 10.5 Å². The van der Waals surface area contributed by atoms with E-state index in [0.717, 1.165) is 29.7 Å². The van der Waals surface area contributed by atoms with Gasteiger partial charge in [-0.15, -0.1) is 0 Å². The van der Waals surface area contributed by atoms with Crippen LogP contribution in [0.1, 0.15) is 46.8 Å². The summed E-state index contributed by atoms with van der Waals surface area (Å²) >= 11 is 0. The molecule has 0 radical (unpaired) electrons. The Labute approximate surface area is 123 Å². The van der Waals surface area contributed by atoms with Crippen molar-refractivity contribution in [3.05, 3.63) is 41.1 Å². The van der Waals surface area contributed by atoms with Crippen molar-refractivity contribution in [3.8, 4) is 5.69 Å². The minimum absolute atomic E-state index is 0.318. The van der Waals surface area contributed by atoms with Crippen molar-refractivity contribution in [2.24, 2.45) is 0 Å². The normalized spacial score (nSPS) is 14.8. The van der Waals surface area contributed by atoms with Crippen LogP contribution in [0, 0.1) is 6.92 Å². The Morgan fingerprint density at radius 3 is 2.52 bits per heavy atom. The monoisotopic (exact) mass is 285 g/mol. The summed E-state index contributed by atoms with van der Waals surface area (Å²) in [5.74, 6) is 0.441. The van der Waals surface area contributed by atoms with Crippen molar-refractivity contribution in [1.82, 2.24) is 9.78 Å². The van der Waals surface area contributed by atoms with Crippen LogP contribution < -0.4 is 5.73 Å². The van der Waals surface area contributed by atoms with E-state index in [1.54, 1.807) is 4.68 Å². The molecule has 0 spiro atoms. The van der Waals surface area contributed by atoms with E-state index in [1.165, 1.54) is 13.5 Å². The molecule has 1 fully saturated rings. The molecule has 0 aliphatic heterocycles. The zero-order valence-corrected chi connectivity index (χ0v) is 12.3. The number of methoxy groups -OCH3 is 1. The maximum atomic E-state index is 12.0.